The Kier molecular flexibility index (Phi) is 9.00. The lowest BCUT2D eigenvalue weighted by atomic mass is 10.1. The maximum Gasteiger partial charge on any atom is 0.322 e. The number of nitrogens with one attached hydrogen (secondary N) is 2. The highest BCUT2D eigenvalue weighted by Crippen LogP contribution is 2.28. The van der Waals surface area contributed by atoms with E-state index in [9.17, 15) is 9.59 Å². The molecule has 0 aliphatic carbocycles. The molecule has 1 aromatic heterocycles. The average molecular weight is 532 g/mol. The monoisotopic (exact) mass is 531 g/mol. The van der Waals surface area contributed by atoms with Gasteiger partial charge in [0.2, 0.25) is 5.91 Å². The summed E-state index contributed by atoms with van der Waals surface area (Å²) in [4.78, 5) is 27.8. The molecule has 0 saturated carbocycles. The summed E-state index contributed by atoms with van der Waals surface area (Å²) in [6.07, 6.45) is 0.684. The van der Waals surface area contributed by atoms with Gasteiger partial charge in [0.15, 0.2) is 0 Å². The second kappa shape index (κ2) is 12.8. The third kappa shape index (κ3) is 6.52. The summed E-state index contributed by atoms with van der Waals surface area (Å²) in [5, 5.41) is 11.0. The van der Waals surface area contributed by atoms with Crippen LogP contribution in [0.3, 0.4) is 0 Å². The number of para-hydroxylation sites is 3. The summed E-state index contributed by atoms with van der Waals surface area (Å²) < 4.78 is 7.21. The molecule has 0 spiro atoms. The van der Waals surface area contributed by atoms with Crippen molar-refractivity contribution >= 4 is 35.0 Å². The molecule has 3 amide bonds. The number of hydrogen-bond donors (Lipinski definition) is 2. The summed E-state index contributed by atoms with van der Waals surface area (Å²) in [6.45, 7) is 4.55. The fourth-order valence-electron chi connectivity index (χ4n) is 3.95. The van der Waals surface area contributed by atoms with Gasteiger partial charge in [0.05, 0.1) is 28.7 Å². The Balaban J connectivity index is 1.55. The molecule has 0 bridgehead atoms. The molecule has 9 heteroatoms. The van der Waals surface area contributed by atoms with Crippen molar-refractivity contribution in [3.8, 4) is 22.7 Å². The molecule has 1 heterocycles. The third-order valence-electron chi connectivity index (χ3n) is 5.67. The zero-order valence-electron chi connectivity index (χ0n) is 21.4. The van der Waals surface area contributed by atoms with Crippen molar-refractivity contribution in [3.05, 3.63) is 90.0 Å². The molecular formula is C29H30ClN5O3. The molecule has 0 atom stereocenters. The maximum absolute atomic E-state index is 13.2. The lowest BCUT2D eigenvalue weighted by Gasteiger charge is -2.23. The summed E-state index contributed by atoms with van der Waals surface area (Å²) in [7, 11) is 0. The lowest BCUT2D eigenvalue weighted by molar-refractivity contribution is -0.116. The van der Waals surface area contributed by atoms with Crippen LogP contribution in [0.15, 0.2) is 84.9 Å². The summed E-state index contributed by atoms with van der Waals surface area (Å²) in [5.74, 6) is 0.654. The van der Waals surface area contributed by atoms with E-state index in [1.165, 1.54) is 4.90 Å². The zero-order chi connectivity index (χ0) is 26.9. The maximum atomic E-state index is 13.2. The molecule has 196 valence electrons. The highest BCUT2D eigenvalue weighted by molar-refractivity contribution is 6.32. The number of rotatable bonds is 10. The molecule has 0 unspecified atom stereocenters. The van der Waals surface area contributed by atoms with Crippen LogP contribution in [0.1, 0.15) is 20.3 Å². The number of urea groups is 1. The first-order valence-corrected chi connectivity index (χ1v) is 12.9. The number of carbonyl (C=O) groups excluding carboxylic acids is 2. The fourth-order valence-corrected chi connectivity index (χ4v) is 4.17. The van der Waals surface area contributed by atoms with Crippen LogP contribution < -0.4 is 15.4 Å². The molecule has 2 N–H and O–H groups in total. The van der Waals surface area contributed by atoms with E-state index in [-0.39, 0.29) is 12.5 Å². The van der Waals surface area contributed by atoms with E-state index in [1.54, 1.807) is 28.9 Å². The van der Waals surface area contributed by atoms with Crippen LogP contribution in [-0.2, 0) is 4.79 Å². The number of amides is 3. The van der Waals surface area contributed by atoms with Gasteiger partial charge in [-0.1, -0.05) is 73.1 Å². The van der Waals surface area contributed by atoms with E-state index in [0.717, 1.165) is 5.56 Å². The second-order valence-corrected chi connectivity index (χ2v) is 8.88. The Morgan fingerprint density at radius 3 is 2.39 bits per heavy atom. The molecule has 38 heavy (non-hydrogen) atoms. The molecule has 0 saturated heterocycles. The van der Waals surface area contributed by atoms with Crippen molar-refractivity contribution in [3.63, 3.8) is 0 Å². The second-order valence-electron chi connectivity index (χ2n) is 8.47. The summed E-state index contributed by atoms with van der Waals surface area (Å²) in [5.41, 5.74) is 2.75. The van der Waals surface area contributed by atoms with Crippen molar-refractivity contribution < 1.29 is 14.3 Å². The average Bonchev–Trinajstić information content (AvgIpc) is 3.33. The van der Waals surface area contributed by atoms with E-state index >= 15 is 0 Å². The van der Waals surface area contributed by atoms with Gasteiger partial charge >= 0.3 is 6.03 Å². The number of benzene rings is 3. The van der Waals surface area contributed by atoms with E-state index in [4.69, 9.17) is 21.4 Å². The van der Waals surface area contributed by atoms with Crippen molar-refractivity contribution in [2.45, 2.75) is 20.3 Å². The van der Waals surface area contributed by atoms with Crippen molar-refractivity contribution in [2.75, 3.05) is 30.3 Å². The number of halogens is 1. The van der Waals surface area contributed by atoms with E-state index in [2.05, 4.69) is 10.6 Å². The number of nitrogens with zero attached hydrogens (tertiary/aromatic N) is 3. The van der Waals surface area contributed by atoms with Crippen LogP contribution >= 0.6 is 11.6 Å². The van der Waals surface area contributed by atoms with Crippen LogP contribution in [0.25, 0.3) is 16.9 Å². The number of anilines is 2. The van der Waals surface area contributed by atoms with Crippen LogP contribution in [-0.4, -0.2) is 46.3 Å². The van der Waals surface area contributed by atoms with Crippen molar-refractivity contribution in [1.82, 2.24) is 14.7 Å². The number of ether oxygens (including phenoxy) is 1. The lowest BCUT2D eigenvalue weighted by Crippen LogP contribution is -2.41. The number of aromatic nitrogens is 2. The normalized spacial score (nSPS) is 10.6. The largest absolute Gasteiger partial charge is 0.492 e. The Hall–Kier alpha value is -4.30. The van der Waals surface area contributed by atoms with E-state index in [0.29, 0.717) is 53.2 Å². The first-order chi connectivity index (χ1) is 18.5. The van der Waals surface area contributed by atoms with Gasteiger partial charge in [0.25, 0.3) is 0 Å². The van der Waals surface area contributed by atoms with Crippen molar-refractivity contribution in [2.24, 2.45) is 0 Å². The van der Waals surface area contributed by atoms with Gasteiger partial charge in [-0.05, 0) is 37.6 Å². The molecular weight excluding hydrogens is 502 g/mol. The topological polar surface area (TPSA) is 88.5 Å². The minimum atomic E-state index is -0.390. The molecule has 3 aromatic carbocycles. The first kappa shape index (κ1) is 26.8. The minimum Gasteiger partial charge on any atom is -0.492 e. The first-order valence-electron chi connectivity index (χ1n) is 12.5. The Labute approximate surface area is 227 Å². The molecule has 8 nitrogen and oxygen atoms in total. The molecule has 0 radical (unpaired) electrons. The van der Waals surface area contributed by atoms with Gasteiger partial charge in [-0.2, -0.15) is 5.10 Å². The van der Waals surface area contributed by atoms with Gasteiger partial charge in [-0.3, -0.25) is 4.79 Å². The fraction of sp³-hybridized carbons (Fsp3) is 0.207. The third-order valence-corrected chi connectivity index (χ3v) is 5.99. The summed E-state index contributed by atoms with van der Waals surface area (Å²) >= 11 is 6.46. The van der Waals surface area contributed by atoms with Crippen LogP contribution in [0.5, 0.6) is 5.75 Å². The number of carbonyl (C=O) groups is 2. The van der Waals surface area contributed by atoms with Crippen LogP contribution in [0, 0.1) is 0 Å². The minimum absolute atomic E-state index is 0.148. The zero-order valence-corrected chi connectivity index (χ0v) is 22.1. The molecule has 0 fully saturated rings. The molecule has 0 aliphatic heterocycles. The molecule has 4 rings (SSSR count). The Morgan fingerprint density at radius 1 is 0.947 bits per heavy atom. The molecule has 0 aliphatic rings. The van der Waals surface area contributed by atoms with Crippen molar-refractivity contribution in [1.29, 1.82) is 0 Å². The summed E-state index contributed by atoms with van der Waals surface area (Å²) in [6, 6.07) is 25.5. The van der Waals surface area contributed by atoms with Gasteiger partial charge in [0.1, 0.15) is 18.1 Å². The highest BCUT2D eigenvalue weighted by Gasteiger charge is 2.20. The smallest absolute Gasteiger partial charge is 0.322 e. The molecule has 4 aromatic rings. The van der Waals surface area contributed by atoms with Crippen LogP contribution in [0.2, 0.25) is 5.02 Å². The standard InChI is InChI=1S/C29H30ClN5O3/c1-3-18-34(29(37)31-23-15-9-11-17-26(23)38-4-2)20-28(36)32-27-19-24(21-12-6-5-7-13-21)33-35(27)25-16-10-8-14-22(25)30/h5-17,19H,3-4,18,20H2,1-2H3,(H,31,37)(H,32,36). The Bertz CT molecular complexity index is 1390. The quantitative estimate of drug-likeness (QED) is 0.245. The van der Waals surface area contributed by atoms with Gasteiger partial charge < -0.3 is 20.3 Å². The van der Waals surface area contributed by atoms with Gasteiger partial charge in [-0.25, -0.2) is 9.48 Å². The van der Waals surface area contributed by atoms with E-state index in [1.807, 2.05) is 74.5 Å². The number of hydrogen-bond acceptors (Lipinski definition) is 4. The predicted molar refractivity (Wildman–Crippen MR) is 151 cm³/mol. The van der Waals surface area contributed by atoms with Crippen LogP contribution in [0.4, 0.5) is 16.3 Å². The predicted octanol–water partition coefficient (Wildman–Crippen LogP) is 6.47. The van der Waals surface area contributed by atoms with Gasteiger partial charge in [-0.15, -0.1) is 0 Å². The highest BCUT2D eigenvalue weighted by atomic mass is 35.5. The SMILES string of the molecule is CCCN(CC(=O)Nc1cc(-c2ccccc2)nn1-c1ccccc1Cl)C(=O)Nc1ccccc1OCC. The van der Waals surface area contributed by atoms with Gasteiger partial charge in [0, 0.05) is 18.2 Å². The van der Waals surface area contributed by atoms with E-state index < -0.39 is 6.03 Å². The Morgan fingerprint density at radius 2 is 1.66 bits per heavy atom.